The van der Waals surface area contributed by atoms with E-state index in [0.29, 0.717) is 16.9 Å². The molecule has 2 rings (SSSR count). The molecule has 7 nitrogen and oxygen atoms in total. The third kappa shape index (κ3) is 6.32. The highest BCUT2D eigenvalue weighted by Gasteiger charge is 2.32. The van der Waals surface area contributed by atoms with E-state index in [1.165, 1.54) is 0 Å². The summed E-state index contributed by atoms with van der Waals surface area (Å²) >= 11 is 0. The molecule has 0 bridgehead atoms. The number of carbonyl (C=O) groups is 2. The highest BCUT2D eigenvalue weighted by molar-refractivity contribution is 7.92. The summed E-state index contributed by atoms with van der Waals surface area (Å²) in [6, 6.07) is 11.0. The van der Waals surface area contributed by atoms with Crippen molar-refractivity contribution in [1.29, 1.82) is 0 Å². The molecule has 2 aromatic carbocycles. The van der Waals surface area contributed by atoms with Gasteiger partial charge in [0.25, 0.3) is 5.91 Å². The average Bonchev–Trinajstić information content (AvgIpc) is 2.66. The highest BCUT2D eigenvalue weighted by atomic mass is 32.2. The molecule has 0 unspecified atom stereocenters. The molecule has 0 aliphatic carbocycles. The predicted molar refractivity (Wildman–Crippen MR) is 130 cm³/mol. The Kier molecular flexibility index (Phi) is 7.72. The predicted octanol–water partition coefficient (Wildman–Crippen LogP) is 4.02. The zero-order valence-electron chi connectivity index (χ0n) is 19.8. The molecule has 0 radical (unpaired) electrons. The van der Waals surface area contributed by atoms with E-state index in [1.54, 1.807) is 43.3 Å². The summed E-state index contributed by atoms with van der Waals surface area (Å²) in [6.07, 6.45) is 1.34. The van der Waals surface area contributed by atoms with Crippen LogP contribution in [-0.4, -0.2) is 38.1 Å². The Morgan fingerprint density at radius 3 is 2.19 bits per heavy atom. The third-order valence-corrected chi connectivity index (χ3v) is 6.17. The number of carbonyl (C=O) groups excluding carboxylic acids is 2. The van der Waals surface area contributed by atoms with Crippen LogP contribution in [0, 0.1) is 13.8 Å². The van der Waals surface area contributed by atoms with E-state index in [0.717, 1.165) is 21.7 Å². The van der Waals surface area contributed by atoms with Crippen LogP contribution >= 0.6 is 0 Å². The van der Waals surface area contributed by atoms with Crippen molar-refractivity contribution >= 4 is 33.2 Å². The van der Waals surface area contributed by atoms with E-state index in [1.807, 2.05) is 40.7 Å². The molecule has 2 N–H and O–H groups in total. The Hall–Kier alpha value is -2.87. The van der Waals surface area contributed by atoms with Gasteiger partial charge in [-0.3, -0.25) is 13.9 Å². The first-order chi connectivity index (χ1) is 14.7. The Morgan fingerprint density at radius 1 is 1.03 bits per heavy atom. The highest BCUT2D eigenvalue weighted by Crippen LogP contribution is 2.26. The first-order valence-corrected chi connectivity index (χ1v) is 12.4. The van der Waals surface area contributed by atoms with Gasteiger partial charge in [0.2, 0.25) is 15.9 Å². The van der Waals surface area contributed by atoms with Crippen LogP contribution in [0.4, 0.5) is 11.4 Å². The lowest BCUT2D eigenvalue weighted by molar-refractivity contribution is -0.117. The molecule has 1 atom stereocenters. The number of para-hydroxylation sites is 1. The van der Waals surface area contributed by atoms with E-state index in [9.17, 15) is 18.0 Å². The molecule has 0 aromatic heterocycles. The second-order valence-electron chi connectivity index (χ2n) is 8.99. The van der Waals surface area contributed by atoms with Crippen molar-refractivity contribution in [3.63, 3.8) is 0 Å². The molecule has 0 spiro atoms. The second-order valence-corrected chi connectivity index (χ2v) is 10.8. The van der Waals surface area contributed by atoms with Gasteiger partial charge < -0.3 is 10.6 Å². The number of hydrogen-bond donors (Lipinski definition) is 2. The Morgan fingerprint density at radius 2 is 1.66 bits per heavy atom. The number of aryl methyl sites for hydroxylation is 2. The van der Waals surface area contributed by atoms with Crippen LogP contribution in [0.1, 0.15) is 55.6 Å². The monoisotopic (exact) mass is 459 g/mol. The fourth-order valence-corrected chi connectivity index (χ4v) is 4.54. The van der Waals surface area contributed by atoms with Gasteiger partial charge in [-0.2, -0.15) is 0 Å². The molecule has 0 heterocycles. The molecule has 8 heteroatoms. The van der Waals surface area contributed by atoms with Gasteiger partial charge in [0.05, 0.1) is 23.2 Å². The van der Waals surface area contributed by atoms with Gasteiger partial charge in [-0.25, -0.2) is 8.42 Å². The average molecular weight is 460 g/mol. The summed E-state index contributed by atoms with van der Waals surface area (Å²) < 4.78 is 26.5. The molecule has 0 saturated carbocycles. The van der Waals surface area contributed by atoms with E-state index < -0.39 is 27.5 Å². The van der Waals surface area contributed by atoms with Gasteiger partial charge in [-0.1, -0.05) is 25.1 Å². The molecule has 0 fully saturated rings. The zero-order chi connectivity index (χ0) is 24.3. The Bertz CT molecular complexity index is 1100. The largest absolute Gasteiger partial charge is 0.347 e. The molecule has 2 amide bonds. The quantitative estimate of drug-likeness (QED) is 0.654. The number of rotatable bonds is 7. The fraction of sp³-hybridized carbons (Fsp3) is 0.417. The minimum Gasteiger partial charge on any atom is -0.347 e. The third-order valence-electron chi connectivity index (χ3n) is 4.99. The topological polar surface area (TPSA) is 95.6 Å². The van der Waals surface area contributed by atoms with Crippen molar-refractivity contribution in [3.05, 3.63) is 59.2 Å². The fourth-order valence-electron chi connectivity index (χ4n) is 3.34. The van der Waals surface area contributed by atoms with Gasteiger partial charge in [-0.05, 0) is 76.4 Å². The van der Waals surface area contributed by atoms with Crippen molar-refractivity contribution in [2.75, 3.05) is 15.9 Å². The van der Waals surface area contributed by atoms with Crippen molar-refractivity contribution in [1.82, 2.24) is 5.32 Å². The maximum absolute atomic E-state index is 13.3. The van der Waals surface area contributed by atoms with Crippen molar-refractivity contribution in [2.45, 2.75) is 59.5 Å². The van der Waals surface area contributed by atoms with Gasteiger partial charge in [-0.15, -0.1) is 0 Å². The number of benzene rings is 2. The van der Waals surface area contributed by atoms with Crippen LogP contribution in [0.25, 0.3) is 0 Å². The van der Waals surface area contributed by atoms with Crippen molar-refractivity contribution < 1.29 is 18.0 Å². The standard InChI is InChI=1S/C24H33N3O4S/c1-8-21(27(32(7,30)31)18-14-13-16(2)17(3)15-18)23(29)25-20-12-10-9-11-19(20)22(28)26-24(4,5)6/h9-15,21H,8H2,1-7H3,(H,25,29)(H,26,28)/t21-/m0/s1. The Labute approximate surface area is 191 Å². The van der Waals surface area contributed by atoms with E-state index >= 15 is 0 Å². The summed E-state index contributed by atoms with van der Waals surface area (Å²) in [5.41, 5.74) is 2.57. The van der Waals surface area contributed by atoms with Crippen molar-refractivity contribution in [2.24, 2.45) is 0 Å². The number of anilines is 2. The van der Waals surface area contributed by atoms with Gasteiger partial charge in [0.1, 0.15) is 6.04 Å². The SMILES string of the molecule is CC[C@@H](C(=O)Nc1ccccc1C(=O)NC(C)(C)C)N(c1ccc(C)c(C)c1)S(C)(=O)=O. The van der Waals surface area contributed by atoms with Crippen LogP contribution in [0.3, 0.4) is 0 Å². The summed E-state index contributed by atoms with van der Waals surface area (Å²) in [7, 11) is -3.75. The van der Waals surface area contributed by atoms with Crippen LogP contribution in [-0.2, 0) is 14.8 Å². The Balaban J connectivity index is 2.42. The maximum Gasteiger partial charge on any atom is 0.253 e. The van der Waals surface area contributed by atoms with Gasteiger partial charge >= 0.3 is 0 Å². The lowest BCUT2D eigenvalue weighted by Gasteiger charge is -2.30. The van der Waals surface area contributed by atoms with Crippen molar-refractivity contribution in [3.8, 4) is 0 Å². The van der Waals surface area contributed by atoms with Crippen LogP contribution in [0.2, 0.25) is 0 Å². The number of sulfonamides is 1. The second kappa shape index (κ2) is 9.73. The lowest BCUT2D eigenvalue weighted by atomic mass is 10.1. The van der Waals surface area contributed by atoms with Gasteiger partial charge in [0, 0.05) is 5.54 Å². The molecule has 0 aliphatic heterocycles. The molecule has 0 aliphatic rings. The summed E-state index contributed by atoms with van der Waals surface area (Å²) in [5, 5.41) is 5.65. The summed E-state index contributed by atoms with van der Waals surface area (Å²) in [4.78, 5) is 26.0. The minimum atomic E-state index is -3.75. The van der Waals surface area contributed by atoms with E-state index in [-0.39, 0.29) is 12.3 Å². The zero-order valence-corrected chi connectivity index (χ0v) is 20.6. The first-order valence-electron chi connectivity index (χ1n) is 10.5. The molecule has 0 saturated heterocycles. The lowest BCUT2D eigenvalue weighted by Crippen LogP contribution is -2.47. The number of hydrogen-bond acceptors (Lipinski definition) is 4. The molecular weight excluding hydrogens is 426 g/mol. The van der Waals surface area contributed by atoms with Crippen LogP contribution in [0.5, 0.6) is 0 Å². The number of nitrogens with one attached hydrogen (secondary N) is 2. The molecule has 174 valence electrons. The van der Waals surface area contributed by atoms with Gasteiger partial charge in [0.15, 0.2) is 0 Å². The molecular formula is C24H33N3O4S. The molecule has 32 heavy (non-hydrogen) atoms. The smallest absolute Gasteiger partial charge is 0.253 e. The first kappa shape index (κ1) is 25.4. The number of nitrogens with zero attached hydrogens (tertiary/aromatic N) is 1. The van der Waals surface area contributed by atoms with E-state index in [4.69, 9.17) is 0 Å². The van der Waals surface area contributed by atoms with E-state index in [2.05, 4.69) is 10.6 Å². The molecule has 2 aromatic rings. The maximum atomic E-state index is 13.3. The van der Waals surface area contributed by atoms with Crippen LogP contribution in [0.15, 0.2) is 42.5 Å². The normalized spacial score (nSPS) is 12.7. The number of amides is 2. The summed E-state index contributed by atoms with van der Waals surface area (Å²) in [5.74, 6) is -0.831. The summed E-state index contributed by atoms with van der Waals surface area (Å²) in [6.45, 7) is 11.2. The van der Waals surface area contributed by atoms with Crippen LogP contribution < -0.4 is 14.9 Å². The minimum absolute atomic E-state index is 0.252.